The summed E-state index contributed by atoms with van der Waals surface area (Å²) in [6, 6.07) is 0.702. The van der Waals surface area contributed by atoms with Gasteiger partial charge in [-0.05, 0) is 26.2 Å². The van der Waals surface area contributed by atoms with Crippen LogP contribution in [0.25, 0.3) is 0 Å². The molecule has 0 spiro atoms. The van der Waals surface area contributed by atoms with Crippen molar-refractivity contribution in [3.63, 3.8) is 0 Å². The third-order valence-corrected chi connectivity index (χ3v) is 2.70. The van der Waals surface area contributed by atoms with Crippen molar-refractivity contribution in [2.24, 2.45) is 7.05 Å². The van der Waals surface area contributed by atoms with Crippen molar-refractivity contribution in [3.05, 3.63) is 11.9 Å². The van der Waals surface area contributed by atoms with Gasteiger partial charge >= 0.3 is 0 Å². The van der Waals surface area contributed by atoms with Gasteiger partial charge in [0, 0.05) is 13.1 Å². The van der Waals surface area contributed by atoms with Gasteiger partial charge < -0.3 is 5.32 Å². The molecule has 0 atom stereocenters. The van der Waals surface area contributed by atoms with Crippen LogP contribution in [-0.2, 0) is 7.05 Å². The number of aromatic nitrogens is 2. The molecule has 1 aromatic heterocycles. The second kappa shape index (κ2) is 2.81. The SMILES string of the molecule is Cc1c(NC2CCC2)cnn1C. The normalized spacial score (nSPS) is 17.5. The van der Waals surface area contributed by atoms with E-state index in [1.807, 2.05) is 17.9 Å². The van der Waals surface area contributed by atoms with Crippen LogP contribution in [0.4, 0.5) is 5.69 Å². The zero-order chi connectivity index (χ0) is 8.55. The first-order valence-electron chi connectivity index (χ1n) is 4.52. The first kappa shape index (κ1) is 7.65. The number of aryl methyl sites for hydroxylation is 1. The van der Waals surface area contributed by atoms with Crippen molar-refractivity contribution in [1.29, 1.82) is 0 Å². The van der Waals surface area contributed by atoms with Gasteiger partial charge in [0.15, 0.2) is 0 Å². The number of rotatable bonds is 2. The second-order valence-corrected chi connectivity index (χ2v) is 3.54. The van der Waals surface area contributed by atoms with E-state index in [1.54, 1.807) is 0 Å². The van der Waals surface area contributed by atoms with Crippen molar-refractivity contribution in [1.82, 2.24) is 9.78 Å². The van der Waals surface area contributed by atoms with E-state index < -0.39 is 0 Å². The number of hydrogen-bond acceptors (Lipinski definition) is 2. The molecule has 3 heteroatoms. The maximum Gasteiger partial charge on any atom is 0.0758 e. The number of anilines is 1. The van der Waals surface area contributed by atoms with E-state index in [-0.39, 0.29) is 0 Å². The zero-order valence-electron chi connectivity index (χ0n) is 7.67. The predicted octanol–water partition coefficient (Wildman–Crippen LogP) is 1.69. The van der Waals surface area contributed by atoms with Crippen LogP contribution in [0, 0.1) is 6.92 Å². The zero-order valence-corrected chi connectivity index (χ0v) is 7.67. The molecular formula is C9H15N3. The molecule has 1 fully saturated rings. The smallest absolute Gasteiger partial charge is 0.0758 e. The summed E-state index contributed by atoms with van der Waals surface area (Å²) in [6.07, 6.45) is 5.91. The third kappa shape index (κ3) is 1.19. The molecule has 0 unspecified atom stereocenters. The second-order valence-electron chi connectivity index (χ2n) is 3.54. The monoisotopic (exact) mass is 165 g/mol. The summed E-state index contributed by atoms with van der Waals surface area (Å²) in [5.41, 5.74) is 2.42. The highest BCUT2D eigenvalue weighted by Gasteiger charge is 2.18. The summed E-state index contributed by atoms with van der Waals surface area (Å²) >= 11 is 0. The summed E-state index contributed by atoms with van der Waals surface area (Å²) < 4.78 is 1.90. The van der Waals surface area contributed by atoms with E-state index in [0.29, 0.717) is 6.04 Å². The summed E-state index contributed by atoms with van der Waals surface area (Å²) in [4.78, 5) is 0. The molecule has 1 aliphatic carbocycles. The number of hydrogen-bond donors (Lipinski definition) is 1. The molecule has 1 saturated carbocycles. The lowest BCUT2D eigenvalue weighted by Crippen LogP contribution is -2.27. The Kier molecular flexibility index (Phi) is 1.79. The molecule has 1 aliphatic rings. The van der Waals surface area contributed by atoms with E-state index in [2.05, 4.69) is 17.3 Å². The van der Waals surface area contributed by atoms with Gasteiger partial charge in [-0.25, -0.2) is 0 Å². The highest BCUT2D eigenvalue weighted by Crippen LogP contribution is 2.24. The average Bonchev–Trinajstić information content (AvgIpc) is 2.27. The van der Waals surface area contributed by atoms with Crippen LogP contribution in [0.1, 0.15) is 25.0 Å². The van der Waals surface area contributed by atoms with Crippen LogP contribution < -0.4 is 5.32 Å². The first-order valence-corrected chi connectivity index (χ1v) is 4.52. The van der Waals surface area contributed by atoms with Gasteiger partial charge in [-0.15, -0.1) is 0 Å². The Labute approximate surface area is 72.8 Å². The molecule has 1 heterocycles. The Morgan fingerprint density at radius 2 is 2.33 bits per heavy atom. The van der Waals surface area contributed by atoms with Crippen LogP contribution in [0.2, 0.25) is 0 Å². The van der Waals surface area contributed by atoms with Crippen LogP contribution in [0.5, 0.6) is 0 Å². The lowest BCUT2D eigenvalue weighted by Gasteiger charge is -2.27. The molecule has 66 valence electrons. The fourth-order valence-electron chi connectivity index (χ4n) is 1.41. The van der Waals surface area contributed by atoms with Gasteiger partial charge in [0.1, 0.15) is 0 Å². The van der Waals surface area contributed by atoms with Crippen LogP contribution in [0.3, 0.4) is 0 Å². The van der Waals surface area contributed by atoms with Crippen LogP contribution in [-0.4, -0.2) is 15.8 Å². The van der Waals surface area contributed by atoms with Gasteiger partial charge in [-0.1, -0.05) is 0 Å². The maximum absolute atomic E-state index is 4.18. The van der Waals surface area contributed by atoms with Gasteiger partial charge in [-0.2, -0.15) is 5.10 Å². The molecule has 0 aliphatic heterocycles. The lowest BCUT2D eigenvalue weighted by atomic mass is 9.93. The molecular weight excluding hydrogens is 150 g/mol. The molecule has 1 N–H and O–H groups in total. The number of nitrogens with zero attached hydrogens (tertiary/aromatic N) is 2. The third-order valence-electron chi connectivity index (χ3n) is 2.70. The van der Waals surface area contributed by atoms with Crippen molar-refractivity contribution in [3.8, 4) is 0 Å². The molecule has 0 aromatic carbocycles. The summed E-state index contributed by atoms with van der Waals surface area (Å²) in [5, 5.41) is 7.67. The standard InChI is InChI=1S/C9H15N3/c1-7-9(6-10-12(7)2)11-8-4-3-5-8/h6,8,11H,3-5H2,1-2H3. The molecule has 0 radical (unpaired) electrons. The van der Waals surface area contributed by atoms with Crippen molar-refractivity contribution in [2.45, 2.75) is 32.2 Å². The highest BCUT2D eigenvalue weighted by molar-refractivity contribution is 5.46. The average molecular weight is 165 g/mol. The minimum absolute atomic E-state index is 0.702. The summed E-state index contributed by atoms with van der Waals surface area (Å²) in [6.45, 7) is 2.09. The fraction of sp³-hybridized carbons (Fsp3) is 0.667. The lowest BCUT2D eigenvalue weighted by molar-refractivity contribution is 0.445. The summed E-state index contributed by atoms with van der Waals surface area (Å²) in [7, 11) is 1.97. The summed E-state index contributed by atoms with van der Waals surface area (Å²) in [5.74, 6) is 0. The van der Waals surface area contributed by atoms with E-state index in [1.165, 1.54) is 30.6 Å². The minimum atomic E-state index is 0.702. The predicted molar refractivity (Wildman–Crippen MR) is 49.2 cm³/mol. The topological polar surface area (TPSA) is 29.9 Å². The molecule has 0 amide bonds. The van der Waals surface area contributed by atoms with Gasteiger partial charge in [0.05, 0.1) is 17.6 Å². The Balaban J connectivity index is 2.06. The van der Waals surface area contributed by atoms with Crippen LogP contribution >= 0.6 is 0 Å². The Bertz CT molecular complexity index is 273. The van der Waals surface area contributed by atoms with E-state index in [9.17, 15) is 0 Å². The molecule has 1 aromatic rings. The molecule has 2 rings (SSSR count). The number of nitrogens with one attached hydrogen (secondary N) is 1. The highest BCUT2D eigenvalue weighted by atomic mass is 15.3. The molecule has 3 nitrogen and oxygen atoms in total. The molecule has 0 bridgehead atoms. The van der Waals surface area contributed by atoms with Gasteiger partial charge in [-0.3, -0.25) is 4.68 Å². The maximum atomic E-state index is 4.18. The fourth-order valence-corrected chi connectivity index (χ4v) is 1.41. The largest absolute Gasteiger partial charge is 0.380 e. The Morgan fingerprint density at radius 1 is 1.58 bits per heavy atom. The Morgan fingerprint density at radius 3 is 2.75 bits per heavy atom. The van der Waals surface area contributed by atoms with E-state index >= 15 is 0 Å². The van der Waals surface area contributed by atoms with Crippen molar-refractivity contribution >= 4 is 5.69 Å². The van der Waals surface area contributed by atoms with E-state index in [4.69, 9.17) is 0 Å². The first-order chi connectivity index (χ1) is 5.77. The van der Waals surface area contributed by atoms with Gasteiger partial charge in [0.2, 0.25) is 0 Å². The minimum Gasteiger partial charge on any atom is -0.380 e. The van der Waals surface area contributed by atoms with Crippen LogP contribution in [0.15, 0.2) is 6.20 Å². The van der Waals surface area contributed by atoms with Gasteiger partial charge in [0.25, 0.3) is 0 Å². The molecule has 0 saturated heterocycles. The molecule has 12 heavy (non-hydrogen) atoms. The quantitative estimate of drug-likeness (QED) is 0.722. The Hall–Kier alpha value is -0.990. The van der Waals surface area contributed by atoms with Crippen molar-refractivity contribution in [2.75, 3.05) is 5.32 Å². The van der Waals surface area contributed by atoms with E-state index in [0.717, 1.165) is 0 Å². The van der Waals surface area contributed by atoms with Crippen molar-refractivity contribution < 1.29 is 0 Å².